The summed E-state index contributed by atoms with van der Waals surface area (Å²) in [5.41, 5.74) is 4.65. The maximum Gasteiger partial charge on any atom is 0.412 e. The Morgan fingerprint density at radius 2 is 1.61 bits per heavy atom. The number of aromatic nitrogens is 1. The monoisotopic (exact) mass is 375 g/mol. The van der Waals surface area contributed by atoms with Gasteiger partial charge in [0.2, 0.25) is 0 Å². The highest BCUT2D eigenvalue weighted by molar-refractivity contribution is 5.85. The second-order valence-corrected chi connectivity index (χ2v) is 7.49. The summed E-state index contributed by atoms with van der Waals surface area (Å²) < 4.78 is 5.26. The molecule has 0 aliphatic heterocycles. The van der Waals surface area contributed by atoms with E-state index in [1.807, 2.05) is 57.2 Å². The van der Waals surface area contributed by atoms with Gasteiger partial charge >= 0.3 is 6.09 Å². The molecule has 0 unspecified atom stereocenters. The molecule has 1 amide bonds. The summed E-state index contributed by atoms with van der Waals surface area (Å²) in [6.45, 7) is 6.22. The fourth-order valence-corrected chi connectivity index (χ4v) is 2.70. The van der Waals surface area contributed by atoms with Gasteiger partial charge in [0.1, 0.15) is 5.60 Å². The number of benzene rings is 2. The molecule has 0 atom stereocenters. The zero-order valence-electron chi connectivity index (χ0n) is 16.4. The average Bonchev–Trinajstić information content (AvgIpc) is 2.67. The lowest BCUT2D eigenvalue weighted by Crippen LogP contribution is -2.27. The first-order valence-corrected chi connectivity index (χ1v) is 9.22. The van der Waals surface area contributed by atoms with E-state index in [1.54, 1.807) is 12.4 Å². The number of nitrogens with zero attached hydrogens (tertiary/aromatic N) is 1. The highest BCUT2D eigenvalue weighted by atomic mass is 16.6. The van der Waals surface area contributed by atoms with Crippen molar-refractivity contribution in [3.05, 3.63) is 78.6 Å². The first-order valence-electron chi connectivity index (χ1n) is 9.22. The number of amides is 1. The van der Waals surface area contributed by atoms with Crippen LogP contribution in [0.4, 0.5) is 16.2 Å². The molecule has 0 aliphatic rings. The topological polar surface area (TPSA) is 63.2 Å². The predicted octanol–water partition coefficient (Wildman–Crippen LogP) is 5.71. The molecule has 2 aromatic carbocycles. The van der Waals surface area contributed by atoms with Crippen LogP contribution in [0, 0.1) is 0 Å². The van der Waals surface area contributed by atoms with Crippen LogP contribution in [-0.2, 0) is 11.3 Å². The van der Waals surface area contributed by atoms with Gasteiger partial charge in [-0.3, -0.25) is 10.3 Å². The van der Waals surface area contributed by atoms with Crippen molar-refractivity contribution in [1.82, 2.24) is 4.98 Å². The minimum Gasteiger partial charge on any atom is -0.444 e. The number of hydrogen-bond donors (Lipinski definition) is 2. The number of pyridine rings is 1. The van der Waals surface area contributed by atoms with Crippen molar-refractivity contribution in [2.75, 3.05) is 10.6 Å². The van der Waals surface area contributed by atoms with Crippen molar-refractivity contribution in [1.29, 1.82) is 0 Å². The Kier molecular flexibility index (Phi) is 5.94. The third-order valence-electron chi connectivity index (χ3n) is 3.97. The number of anilines is 2. The third-order valence-corrected chi connectivity index (χ3v) is 3.97. The van der Waals surface area contributed by atoms with Crippen LogP contribution in [0.2, 0.25) is 0 Å². The van der Waals surface area contributed by atoms with Gasteiger partial charge in [0.15, 0.2) is 0 Å². The minimum atomic E-state index is -0.517. The third kappa shape index (κ3) is 5.84. The molecule has 5 nitrogen and oxygen atoms in total. The van der Waals surface area contributed by atoms with Crippen LogP contribution in [0.15, 0.2) is 73.1 Å². The molecule has 3 aromatic rings. The van der Waals surface area contributed by atoms with Crippen molar-refractivity contribution in [2.24, 2.45) is 0 Å². The lowest BCUT2D eigenvalue weighted by atomic mass is 10.0. The largest absolute Gasteiger partial charge is 0.444 e. The first kappa shape index (κ1) is 19.4. The Morgan fingerprint density at radius 1 is 0.929 bits per heavy atom. The predicted molar refractivity (Wildman–Crippen MR) is 113 cm³/mol. The maximum absolute atomic E-state index is 11.8. The Morgan fingerprint density at radius 3 is 2.29 bits per heavy atom. The van der Waals surface area contributed by atoms with Gasteiger partial charge in [-0.05, 0) is 79.9 Å². The van der Waals surface area contributed by atoms with Crippen LogP contribution in [0.3, 0.4) is 0 Å². The number of carbonyl (C=O) groups is 1. The van der Waals surface area contributed by atoms with Gasteiger partial charge < -0.3 is 10.1 Å². The number of hydrogen-bond acceptors (Lipinski definition) is 4. The van der Waals surface area contributed by atoms with Crippen molar-refractivity contribution in [3.63, 3.8) is 0 Å². The van der Waals surface area contributed by atoms with E-state index >= 15 is 0 Å². The Bertz CT molecular complexity index is 917. The second-order valence-electron chi connectivity index (χ2n) is 7.49. The van der Waals surface area contributed by atoms with Crippen molar-refractivity contribution in [2.45, 2.75) is 32.9 Å². The van der Waals surface area contributed by atoms with Crippen molar-refractivity contribution < 1.29 is 9.53 Å². The summed E-state index contributed by atoms with van der Waals surface area (Å²) in [7, 11) is 0. The standard InChI is InChI=1S/C23H25N3O2/c1-23(2,3)28-22(27)26-21-9-7-20(8-10-21)25-16-17-5-4-6-19(15-17)18-11-13-24-14-12-18/h4-15,25H,16H2,1-3H3,(H,26,27). The van der Waals surface area contributed by atoms with Gasteiger partial charge in [-0.25, -0.2) is 4.79 Å². The van der Waals surface area contributed by atoms with E-state index in [0.717, 1.165) is 11.3 Å². The normalized spacial score (nSPS) is 11.0. The molecule has 0 aliphatic carbocycles. The van der Waals surface area contributed by atoms with Gasteiger partial charge in [-0.1, -0.05) is 18.2 Å². The lowest BCUT2D eigenvalue weighted by molar-refractivity contribution is 0.0636. The molecule has 0 radical (unpaired) electrons. The molecule has 3 rings (SSSR count). The highest BCUT2D eigenvalue weighted by Gasteiger charge is 2.16. The number of ether oxygens (including phenoxy) is 1. The maximum atomic E-state index is 11.8. The number of carbonyl (C=O) groups excluding carboxylic acids is 1. The molecule has 0 spiro atoms. The van der Waals surface area contributed by atoms with Gasteiger partial charge in [-0.15, -0.1) is 0 Å². The smallest absolute Gasteiger partial charge is 0.412 e. The Labute approximate surface area is 165 Å². The Balaban J connectivity index is 1.57. The molecule has 28 heavy (non-hydrogen) atoms. The molecular formula is C23H25N3O2. The fraction of sp³-hybridized carbons (Fsp3) is 0.217. The molecular weight excluding hydrogens is 350 g/mol. The summed E-state index contributed by atoms with van der Waals surface area (Å²) in [4.78, 5) is 15.9. The highest BCUT2D eigenvalue weighted by Crippen LogP contribution is 2.21. The number of nitrogens with one attached hydrogen (secondary N) is 2. The minimum absolute atomic E-state index is 0.457. The molecule has 1 heterocycles. The summed E-state index contributed by atoms with van der Waals surface area (Å²) in [6, 6.07) is 20.0. The molecule has 0 fully saturated rings. The van der Waals surface area contributed by atoms with Crippen molar-refractivity contribution in [3.8, 4) is 11.1 Å². The van der Waals surface area contributed by atoms with E-state index in [-0.39, 0.29) is 0 Å². The van der Waals surface area contributed by atoms with E-state index in [2.05, 4.69) is 39.9 Å². The number of rotatable bonds is 5. The molecule has 0 bridgehead atoms. The second kappa shape index (κ2) is 8.57. The summed E-state index contributed by atoms with van der Waals surface area (Å²) in [5, 5.41) is 6.13. The summed E-state index contributed by atoms with van der Waals surface area (Å²) in [5.74, 6) is 0. The van der Waals surface area contributed by atoms with Gasteiger partial charge in [0.25, 0.3) is 0 Å². The van der Waals surface area contributed by atoms with E-state index in [9.17, 15) is 4.79 Å². The first-order chi connectivity index (χ1) is 13.4. The quantitative estimate of drug-likeness (QED) is 0.600. The Hall–Kier alpha value is -3.34. The summed E-state index contributed by atoms with van der Waals surface area (Å²) in [6.07, 6.45) is 3.14. The van der Waals surface area contributed by atoms with Crippen molar-refractivity contribution >= 4 is 17.5 Å². The SMILES string of the molecule is CC(C)(C)OC(=O)Nc1ccc(NCc2cccc(-c3ccncc3)c2)cc1. The van der Waals surface area contributed by atoms with Crippen LogP contribution in [0.25, 0.3) is 11.1 Å². The van der Waals surface area contributed by atoms with Gasteiger partial charge in [-0.2, -0.15) is 0 Å². The van der Waals surface area contributed by atoms with E-state index in [1.165, 1.54) is 11.1 Å². The van der Waals surface area contributed by atoms with Crippen LogP contribution in [0.1, 0.15) is 26.3 Å². The average molecular weight is 375 g/mol. The zero-order chi connectivity index (χ0) is 20.0. The van der Waals surface area contributed by atoms with E-state index in [4.69, 9.17) is 4.74 Å². The summed E-state index contributed by atoms with van der Waals surface area (Å²) >= 11 is 0. The zero-order valence-corrected chi connectivity index (χ0v) is 16.4. The molecule has 5 heteroatoms. The molecule has 0 saturated heterocycles. The van der Waals surface area contributed by atoms with E-state index < -0.39 is 11.7 Å². The molecule has 144 valence electrons. The van der Waals surface area contributed by atoms with Crippen LogP contribution < -0.4 is 10.6 Å². The van der Waals surface area contributed by atoms with Gasteiger partial charge in [0.05, 0.1) is 0 Å². The lowest BCUT2D eigenvalue weighted by Gasteiger charge is -2.19. The molecule has 1 aromatic heterocycles. The fourth-order valence-electron chi connectivity index (χ4n) is 2.70. The van der Waals surface area contributed by atoms with Gasteiger partial charge in [0, 0.05) is 30.3 Å². The molecule has 0 saturated carbocycles. The van der Waals surface area contributed by atoms with Crippen LogP contribution in [-0.4, -0.2) is 16.7 Å². The van der Waals surface area contributed by atoms with Crippen LogP contribution >= 0.6 is 0 Å². The van der Waals surface area contributed by atoms with Crippen LogP contribution in [0.5, 0.6) is 0 Å². The molecule has 2 N–H and O–H groups in total. The van der Waals surface area contributed by atoms with E-state index in [0.29, 0.717) is 12.2 Å².